The van der Waals surface area contributed by atoms with Crippen molar-refractivity contribution in [2.24, 2.45) is 0 Å². The second-order valence-corrected chi connectivity index (χ2v) is 29.5. The van der Waals surface area contributed by atoms with Crippen molar-refractivity contribution in [3.05, 3.63) is 36.5 Å². The number of unbranched alkanes of at least 4 members (excludes halogenated alkanes) is 58. The minimum Gasteiger partial charge on any atom is -0.466 e. The molecule has 0 radical (unpaired) electrons. The molecule has 7 atom stereocenters. The monoisotopic (exact) mass is 1360 g/mol. The molecule has 1 heterocycles. The summed E-state index contributed by atoms with van der Waals surface area (Å²) in [7, 11) is 0. The fraction of sp³-hybridized carbons (Fsp3) is 0.906. The van der Waals surface area contributed by atoms with Gasteiger partial charge in [-0.15, -0.1) is 0 Å². The maximum absolute atomic E-state index is 13.1. The van der Waals surface area contributed by atoms with E-state index < -0.39 is 49.5 Å². The zero-order valence-electron chi connectivity index (χ0n) is 63.4. The first kappa shape index (κ1) is 91.9. The lowest BCUT2D eigenvalue weighted by atomic mass is 9.99. The van der Waals surface area contributed by atoms with E-state index in [-0.39, 0.29) is 18.5 Å². The maximum Gasteiger partial charge on any atom is 0.305 e. The molecular weight excluding hydrogens is 1190 g/mol. The van der Waals surface area contributed by atoms with E-state index in [2.05, 4.69) is 43.5 Å². The first-order valence-corrected chi connectivity index (χ1v) is 42.3. The second-order valence-electron chi connectivity index (χ2n) is 29.5. The average Bonchev–Trinajstić information content (AvgIpc) is 0.845. The van der Waals surface area contributed by atoms with E-state index in [0.717, 1.165) is 57.8 Å². The zero-order valence-corrected chi connectivity index (χ0v) is 63.4. The van der Waals surface area contributed by atoms with Crippen molar-refractivity contribution in [2.45, 2.75) is 474 Å². The van der Waals surface area contributed by atoms with E-state index in [1.807, 2.05) is 6.08 Å². The van der Waals surface area contributed by atoms with Crippen LogP contribution in [0.4, 0.5) is 0 Å². The number of carbonyl (C=O) groups excluding carboxylic acids is 2. The summed E-state index contributed by atoms with van der Waals surface area (Å²) in [6.45, 7) is 4.41. The summed E-state index contributed by atoms with van der Waals surface area (Å²) in [5, 5.41) is 54.7. The standard InChI is InChI=1S/C85H161NO10/c1-3-5-7-9-11-13-15-17-44-47-51-55-59-63-67-71-78(88)77(76-95-85-84(93)83(92)82(91)79(75-87)96-85)86-80(89)72-68-64-60-56-52-48-45-42-40-38-36-34-32-30-28-26-24-22-20-19-21-23-25-27-29-31-33-35-37-39-41-43-46-50-54-58-62-66-70-74-94-81(90)73-69-65-61-57-53-49-18-16-14-12-10-8-6-4-2/h19-20,23,25,67,71,77-79,82-85,87-88,91-93H,3-18,21-22,24,26-66,68-70,72-76H2,1-2H3,(H,86,89)/b20-19-,25-23-,71-67+. The highest BCUT2D eigenvalue weighted by Crippen LogP contribution is 2.24. The van der Waals surface area contributed by atoms with Gasteiger partial charge in [-0.2, -0.15) is 0 Å². The van der Waals surface area contributed by atoms with Gasteiger partial charge in [0.25, 0.3) is 0 Å². The number of allylic oxidation sites excluding steroid dienone is 5. The van der Waals surface area contributed by atoms with Crippen LogP contribution in [0.3, 0.4) is 0 Å². The molecule has 1 rings (SSSR count). The van der Waals surface area contributed by atoms with E-state index in [1.165, 1.54) is 347 Å². The average molecular weight is 1360 g/mol. The number of nitrogens with one attached hydrogen (secondary N) is 1. The molecule has 0 bridgehead atoms. The summed E-state index contributed by atoms with van der Waals surface area (Å²) in [6, 6.07) is -0.808. The van der Waals surface area contributed by atoms with E-state index in [4.69, 9.17) is 14.2 Å². The highest BCUT2D eigenvalue weighted by Gasteiger charge is 2.44. The molecule has 7 unspecified atom stereocenters. The van der Waals surface area contributed by atoms with Gasteiger partial charge in [-0.3, -0.25) is 9.59 Å². The Morgan fingerprint density at radius 3 is 1.05 bits per heavy atom. The number of aliphatic hydroxyl groups excluding tert-OH is 5. The molecule has 0 aliphatic carbocycles. The quantitative estimate of drug-likeness (QED) is 0.0195. The van der Waals surface area contributed by atoms with Crippen LogP contribution in [-0.4, -0.2) is 100 Å². The van der Waals surface area contributed by atoms with Gasteiger partial charge in [0.1, 0.15) is 24.4 Å². The molecule has 1 amide bonds. The summed E-state index contributed by atoms with van der Waals surface area (Å²) >= 11 is 0. The Kier molecular flexibility index (Phi) is 70.9. The lowest BCUT2D eigenvalue weighted by molar-refractivity contribution is -0.302. The van der Waals surface area contributed by atoms with Gasteiger partial charge in [0, 0.05) is 12.8 Å². The van der Waals surface area contributed by atoms with Crippen molar-refractivity contribution in [1.29, 1.82) is 0 Å². The summed E-state index contributed by atoms with van der Waals surface area (Å²) in [5.41, 5.74) is 0. The van der Waals surface area contributed by atoms with Gasteiger partial charge >= 0.3 is 5.97 Å². The second kappa shape index (κ2) is 74.1. The van der Waals surface area contributed by atoms with Crippen molar-refractivity contribution in [3.63, 3.8) is 0 Å². The predicted octanol–water partition coefficient (Wildman–Crippen LogP) is 23.3. The van der Waals surface area contributed by atoms with Crippen LogP contribution >= 0.6 is 0 Å². The molecule has 11 nitrogen and oxygen atoms in total. The molecular formula is C85H161NO10. The lowest BCUT2D eigenvalue weighted by Crippen LogP contribution is -2.60. The van der Waals surface area contributed by atoms with Crippen LogP contribution in [0.2, 0.25) is 0 Å². The molecule has 0 spiro atoms. The molecule has 0 aromatic rings. The number of rotatable bonds is 76. The molecule has 96 heavy (non-hydrogen) atoms. The number of hydrogen-bond acceptors (Lipinski definition) is 10. The van der Waals surface area contributed by atoms with Gasteiger partial charge in [0.05, 0.1) is 32.0 Å². The van der Waals surface area contributed by atoms with Gasteiger partial charge < -0.3 is 45.1 Å². The molecule has 0 aromatic carbocycles. The van der Waals surface area contributed by atoms with Crippen LogP contribution in [0.25, 0.3) is 0 Å². The van der Waals surface area contributed by atoms with Crippen LogP contribution in [0.5, 0.6) is 0 Å². The number of hydrogen-bond donors (Lipinski definition) is 6. The molecule has 1 aliphatic heterocycles. The largest absolute Gasteiger partial charge is 0.466 e. The Balaban J connectivity index is 1.91. The van der Waals surface area contributed by atoms with Crippen LogP contribution < -0.4 is 5.32 Å². The molecule has 0 aromatic heterocycles. The third-order valence-electron chi connectivity index (χ3n) is 20.2. The highest BCUT2D eigenvalue weighted by molar-refractivity contribution is 5.76. The van der Waals surface area contributed by atoms with E-state index in [9.17, 15) is 35.1 Å². The molecule has 6 N–H and O–H groups in total. The molecule has 11 heteroatoms. The fourth-order valence-corrected chi connectivity index (χ4v) is 13.6. The minimum absolute atomic E-state index is 0.0177. The smallest absolute Gasteiger partial charge is 0.305 e. The third kappa shape index (κ3) is 61.7. The number of amides is 1. The maximum atomic E-state index is 13.1. The molecule has 0 saturated carbocycles. The molecule has 1 fully saturated rings. The van der Waals surface area contributed by atoms with Crippen LogP contribution in [-0.2, 0) is 23.8 Å². The summed E-state index contributed by atoms with van der Waals surface area (Å²) in [6.07, 6.45) is 87.5. The fourth-order valence-electron chi connectivity index (χ4n) is 13.6. The first-order chi connectivity index (χ1) is 47.2. The van der Waals surface area contributed by atoms with E-state index in [1.54, 1.807) is 6.08 Å². The van der Waals surface area contributed by atoms with Crippen molar-refractivity contribution in [3.8, 4) is 0 Å². The van der Waals surface area contributed by atoms with E-state index >= 15 is 0 Å². The van der Waals surface area contributed by atoms with Crippen molar-refractivity contribution in [2.75, 3.05) is 19.8 Å². The third-order valence-corrected chi connectivity index (χ3v) is 20.2. The lowest BCUT2D eigenvalue weighted by Gasteiger charge is -2.40. The number of aliphatic hydroxyl groups is 5. The van der Waals surface area contributed by atoms with E-state index in [0.29, 0.717) is 19.4 Å². The number of carbonyl (C=O) groups is 2. The molecule has 1 saturated heterocycles. The number of ether oxygens (including phenoxy) is 3. The van der Waals surface area contributed by atoms with Crippen molar-refractivity contribution >= 4 is 11.9 Å². The number of esters is 1. The summed E-state index contributed by atoms with van der Waals surface area (Å²) < 4.78 is 16.8. The van der Waals surface area contributed by atoms with Gasteiger partial charge in [-0.05, 0) is 64.2 Å². The predicted molar refractivity (Wildman–Crippen MR) is 407 cm³/mol. The van der Waals surface area contributed by atoms with Crippen molar-refractivity contribution in [1.82, 2.24) is 5.32 Å². The molecule has 1 aliphatic rings. The van der Waals surface area contributed by atoms with Crippen LogP contribution in [0, 0.1) is 0 Å². The van der Waals surface area contributed by atoms with Crippen molar-refractivity contribution < 1.29 is 49.3 Å². The first-order valence-electron chi connectivity index (χ1n) is 42.3. The summed E-state index contributed by atoms with van der Waals surface area (Å²) in [4.78, 5) is 25.2. The van der Waals surface area contributed by atoms with Crippen LogP contribution in [0.15, 0.2) is 36.5 Å². The topological polar surface area (TPSA) is 175 Å². The van der Waals surface area contributed by atoms with Gasteiger partial charge in [-0.25, -0.2) is 0 Å². The Labute approximate surface area is 594 Å². The zero-order chi connectivity index (χ0) is 69.4. The Hall–Kier alpha value is -2.12. The Bertz CT molecular complexity index is 1690. The van der Waals surface area contributed by atoms with Crippen LogP contribution in [0.1, 0.15) is 431 Å². The van der Waals surface area contributed by atoms with Gasteiger partial charge in [-0.1, -0.05) is 391 Å². The Morgan fingerprint density at radius 2 is 0.698 bits per heavy atom. The normalized spacial score (nSPS) is 17.4. The Morgan fingerprint density at radius 1 is 0.385 bits per heavy atom. The minimum atomic E-state index is -1.57. The highest BCUT2D eigenvalue weighted by atomic mass is 16.7. The molecule has 566 valence electrons. The SMILES string of the molecule is CCCCCCCCCCCCCCC/C=C/C(O)C(COC1OC(CO)C(O)C(O)C1O)NC(=O)CCCCCCCCCCCCCCCCCCC/C=C\C/C=C\CCCCCCCCCCCCCCCCCOC(=O)CCCCCCCCCCCCCCCC. The van der Waals surface area contributed by atoms with Gasteiger partial charge in [0.15, 0.2) is 6.29 Å². The summed E-state index contributed by atoms with van der Waals surface area (Å²) in [5.74, 6) is -0.157. The van der Waals surface area contributed by atoms with Gasteiger partial charge in [0.2, 0.25) is 5.91 Å².